The maximum Gasteiger partial charge on any atom is 0.0210 e. The molecule has 1 rings (SSSR count). The van der Waals surface area contributed by atoms with Gasteiger partial charge in [0.2, 0.25) is 0 Å². The molecule has 0 aromatic heterocycles. The lowest BCUT2D eigenvalue weighted by Crippen LogP contribution is -1.74. The Balaban J connectivity index is 2.29. The van der Waals surface area contributed by atoms with Crippen molar-refractivity contribution in [3.05, 3.63) is 54.1 Å². The number of hydrogen-bond acceptors (Lipinski definition) is 0. The van der Waals surface area contributed by atoms with Gasteiger partial charge in [-0.05, 0) is 24.8 Å². The Morgan fingerprint density at radius 3 is 2.59 bits per heavy atom. The highest BCUT2D eigenvalue weighted by Gasteiger charge is 1.93. The molecular formula is C16H21Br. The van der Waals surface area contributed by atoms with Gasteiger partial charge in [0.25, 0.3) is 0 Å². The first-order valence-electron chi connectivity index (χ1n) is 6.40. The SMILES string of the molecule is CCCCC/C=C/C/C=C(\Br)c1ccccc1. The Morgan fingerprint density at radius 1 is 1.12 bits per heavy atom. The Labute approximate surface area is 114 Å². The third-order valence-electron chi connectivity index (χ3n) is 2.62. The number of rotatable bonds is 7. The lowest BCUT2D eigenvalue weighted by Gasteiger charge is -1.97. The molecule has 0 fully saturated rings. The van der Waals surface area contributed by atoms with Crippen molar-refractivity contribution in [1.29, 1.82) is 0 Å². The maximum absolute atomic E-state index is 3.61. The lowest BCUT2D eigenvalue weighted by molar-refractivity contribution is 0.728. The van der Waals surface area contributed by atoms with Gasteiger partial charge in [0.1, 0.15) is 0 Å². The molecule has 0 heterocycles. The van der Waals surface area contributed by atoms with Crippen molar-refractivity contribution in [2.75, 3.05) is 0 Å². The number of unbranched alkanes of at least 4 members (excludes halogenated alkanes) is 3. The van der Waals surface area contributed by atoms with Crippen LogP contribution in [0.4, 0.5) is 0 Å². The molecule has 0 atom stereocenters. The molecule has 0 amide bonds. The van der Waals surface area contributed by atoms with Crippen molar-refractivity contribution in [2.45, 2.75) is 39.0 Å². The summed E-state index contributed by atoms with van der Waals surface area (Å²) in [5.74, 6) is 0. The normalized spacial score (nSPS) is 12.2. The Hall–Kier alpha value is -0.820. The summed E-state index contributed by atoms with van der Waals surface area (Å²) < 4.78 is 1.18. The van der Waals surface area contributed by atoms with E-state index in [9.17, 15) is 0 Å². The summed E-state index contributed by atoms with van der Waals surface area (Å²) in [5.41, 5.74) is 1.24. The van der Waals surface area contributed by atoms with Crippen LogP contribution in [0, 0.1) is 0 Å². The Bertz CT molecular complexity index is 349. The standard InChI is InChI=1S/C16H21Br/c1-2-3-4-5-6-7-11-14-16(17)15-12-9-8-10-13-15/h6-10,12-14H,2-5,11H2,1H3/b7-6+,16-14-. The zero-order chi connectivity index (χ0) is 12.3. The highest BCUT2D eigenvalue weighted by atomic mass is 79.9. The average Bonchev–Trinajstić information content (AvgIpc) is 2.38. The van der Waals surface area contributed by atoms with Crippen molar-refractivity contribution in [2.24, 2.45) is 0 Å². The van der Waals surface area contributed by atoms with Gasteiger partial charge in [0.05, 0.1) is 0 Å². The van der Waals surface area contributed by atoms with E-state index in [4.69, 9.17) is 0 Å². The summed E-state index contributed by atoms with van der Waals surface area (Å²) >= 11 is 3.61. The molecule has 1 aromatic rings. The van der Waals surface area contributed by atoms with E-state index in [1.165, 1.54) is 35.7 Å². The first-order chi connectivity index (χ1) is 8.34. The predicted molar refractivity (Wildman–Crippen MR) is 81.2 cm³/mol. The van der Waals surface area contributed by atoms with Crippen molar-refractivity contribution >= 4 is 20.4 Å². The molecule has 1 heteroatoms. The minimum absolute atomic E-state index is 1.00. The maximum atomic E-state index is 3.61. The van der Waals surface area contributed by atoms with Gasteiger partial charge >= 0.3 is 0 Å². The molecule has 0 aliphatic carbocycles. The van der Waals surface area contributed by atoms with Crippen LogP contribution in [-0.2, 0) is 0 Å². The number of hydrogen-bond donors (Lipinski definition) is 0. The van der Waals surface area contributed by atoms with Crippen LogP contribution in [-0.4, -0.2) is 0 Å². The molecule has 0 aliphatic rings. The molecule has 0 nitrogen and oxygen atoms in total. The van der Waals surface area contributed by atoms with E-state index < -0.39 is 0 Å². The zero-order valence-electron chi connectivity index (χ0n) is 10.5. The first kappa shape index (κ1) is 14.2. The van der Waals surface area contributed by atoms with Crippen LogP contribution in [0.3, 0.4) is 0 Å². The summed E-state index contributed by atoms with van der Waals surface area (Å²) in [6.07, 6.45) is 12.9. The number of allylic oxidation sites excluding steroid dienone is 3. The van der Waals surface area contributed by atoms with Crippen LogP contribution < -0.4 is 0 Å². The van der Waals surface area contributed by atoms with Gasteiger partial charge in [-0.25, -0.2) is 0 Å². The van der Waals surface area contributed by atoms with Crippen LogP contribution in [0.5, 0.6) is 0 Å². The topological polar surface area (TPSA) is 0 Å². The molecule has 0 saturated carbocycles. The number of halogens is 1. The van der Waals surface area contributed by atoms with Crippen molar-refractivity contribution < 1.29 is 0 Å². The molecule has 1 aromatic carbocycles. The van der Waals surface area contributed by atoms with Gasteiger partial charge in [-0.15, -0.1) is 0 Å². The molecule has 0 N–H and O–H groups in total. The fourth-order valence-corrected chi connectivity index (χ4v) is 2.06. The minimum Gasteiger partial charge on any atom is -0.0882 e. The van der Waals surface area contributed by atoms with Crippen LogP contribution in [0.15, 0.2) is 48.6 Å². The molecule has 0 aliphatic heterocycles. The third kappa shape index (κ3) is 6.48. The molecule has 0 saturated heterocycles. The van der Waals surface area contributed by atoms with Crippen LogP contribution in [0.1, 0.15) is 44.6 Å². The fourth-order valence-electron chi connectivity index (χ4n) is 1.61. The zero-order valence-corrected chi connectivity index (χ0v) is 12.1. The second-order valence-corrected chi connectivity index (χ2v) is 4.98. The highest BCUT2D eigenvalue weighted by molar-refractivity contribution is 9.15. The predicted octanol–water partition coefficient (Wildman–Crippen LogP) is 5.95. The van der Waals surface area contributed by atoms with Gasteiger partial charge < -0.3 is 0 Å². The largest absolute Gasteiger partial charge is 0.0882 e. The molecule has 0 bridgehead atoms. The Morgan fingerprint density at radius 2 is 1.88 bits per heavy atom. The molecule has 92 valence electrons. The summed E-state index contributed by atoms with van der Waals surface area (Å²) in [5, 5.41) is 0. The van der Waals surface area contributed by atoms with E-state index in [-0.39, 0.29) is 0 Å². The molecule has 0 spiro atoms. The van der Waals surface area contributed by atoms with Gasteiger partial charge in [0, 0.05) is 4.48 Å². The molecular weight excluding hydrogens is 272 g/mol. The van der Waals surface area contributed by atoms with Crippen LogP contribution in [0.25, 0.3) is 4.48 Å². The van der Waals surface area contributed by atoms with Crippen molar-refractivity contribution in [3.63, 3.8) is 0 Å². The molecule has 17 heavy (non-hydrogen) atoms. The summed E-state index contributed by atoms with van der Waals surface area (Å²) in [4.78, 5) is 0. The van der Waals surface area contributed by atoms with Crippen molar-refractivity contribution in [3.8, 4) is 0 Å². The number of benzene rings is 1. The van der Waals surface area contributed by atoms with Gasteiger partial charge in [-0.3, -0.25) is 0 Å². The second kappa shape index (κ2) is 9.23. The second-order valence-electron chi connectivity index (χ2n) is 4.12. The van der Waals surface area contributed by atoms with E-state index in [1.54, 1.807) is 0 Å². The third-order valence-corrected chi connectivity index (χ3v) is 3.41. The highest BCUT2D eigenvalue weighted by Crippen LogP contribution is 2.21. The van der Waals surface area contributed by atoms with E-state index in [0.717, 1.165) is 6.42 Å². The summed E-state index contributed by atoms with van der Waals surface area (Å²) in [7, 11) is 0. The lowest BCUT2D eigenvalue weighted by atomic mass is 10.2. The van der Waals surface area contributed by atoms with Crippen LogP contribution >= 0.6 is 15.9 Å². The quantitative estimate of drug-likeness (QED) is 0.430. The average molecular weight is 293 g/mol. The monoisotopic (exact) mass is 292 g/mol. The van der Waals surface area contributed by atoms with E-state index in [0.29, 0.717) is 0 Å². The molecule has 0 radical (unpaired) electrons. The van der Waals surface area contributed by atoms with E-state index in [2.05, 4.69) is 65.3 Å². The van der Waals surface area contributed by atoms with E-state index >= 15 is 0 Å². The van der Waals surface area contributed by atoms with Gasteiger partial charge in [-0.1, -0.05) is 84.3 Å². The molecule has 0 unspecified atom stereocenters. The summed E-state index contributed by atoms with van der Waals surface area (Å²) in [6.45, 7) is 2.24. The van der Waals surface area contributed by atoms with Crippen molar-refractivity contribution in [1.82, 2.24) is 0 Å². The fraction of sp³-hybridized carbons (Fsp3) is 0.375. The smallest absolute Gasteiger partial charge is 0.0210 e. The summed E-state index contributed by atoms with van der Waals surface area (Å²) in [6, 6.07) is 10.4. The Kier molecular flexibility index (Phi) is 7.74. The van der Waals surface area contributed by atoms with Gasteiger partial charge in [0.15, 0.2) is 0 Å². The van der Waals surface area contributed by atoms with E-state index in [1.807, 2.05) is 6.07 Å². The van der Waals surface area contributed by atoms with Gasteiger partial charge in [-0.2, -0.15) is 0 Å². The minimum atomic E-state index is 1.00. The first-order valence-corrected chi connectivity index (χ1v) is 7.20. The van der Waals surface area contributed by atoms with Crippen LogP contribution in [0.2, 0.25) is 0 Å².